The van der Waals surface area contributed by atoms with Crippen molar-refractivity contribution in [2.45, 2.75) is 32.4 Å². The van der Waals surface area contributed by atoms with Crippen LogP contribution in [0.25, 0.3) is 5.69 Å². The minimum Gasteiger partial charge on any atom is -0.508 e. The van der Waals surface area contributed by atoms with Crippen LogP contribution in [0.15, 0.2) is 59.7 Å². The van der Waals surface area contributed by atoms with Gasteiger partial charge in [-0.15, -0.1) is 12.4 Å². The Morgan fingerprint density at radius 1 is 0.906 bits per heavy atom. The van der Waals surface area contributed by atoms with E-state index in [0.29, 0.717) is 6.42 Å². The van der Waals surface area contributed by atoms with Crippen molar-refractivity contribution in [1.82, 2.24) is 14.3 Å². The third kappa shape index (κ3) is 4.76. The SMILES string of the molecule is CC[C@@H]([C@@H](C)O)n1ncn(-c2ccc(N3CCN(c4ccc(O)cc4)CC3)cc2)c1=O.Cl. The fourth-order valence-corrected chi connectivity index (χ4v) is 4.15. The molecule has 2 heterocycles. The quantitative estimate of drug-likeness (QED) is 0.589. The molecule has 1 fully saturated rings. The number of hydrogen-bond donors (Lipinski definition) is 2. The van der Waals surface area contributed by atoms with E-state index in [4.69, 9.17) is 0 Å². The van der Waals surface area contributed by atoms with E-state index in [1.54, 1.807) is 19.1 Å². The van der Waals surface area contributed by atoms with Crippen LogP contribution in [-0.2, 0) is 0 Å². The normalized spacial score (nSPS) is 15.8. The topological polar surface area (TPSA) is 86.8 Å². The summed E-state index contributed by atoms with van der Waals surface area (Å²) in [5.74, 6) is 0.281. The van der Waals surface area contributed by atoms with E-state index in [0.717, 1.165) is 43.2 Å². The van der Waals surface area contributed by atoms with Gasteiger partial charge >= 0.3 is 5.69 Å². The number of aromatic hydroxyl groups is 1. The summed E-state index contributed by atoms with van der Waals surface area (Å²) in [7, 11) is 0. The molecular formula is C23H30ClN5O3. The molecule has 0 amide bonds. The van der Waals surface area contributed by atoms with Gasteiger partial charge in [-0.25, -0.2) is 14.0 Å². The monoisotopic (exact) mass is 459 g/mol. The highest BCUT2D eigenvalue weighted by atomic mass is 35.5. The predicted octanol–water partition coefficient (Wildman–Crippen LogP) is 2.82. The summed E-state index contributed by atoms with van der Waals surface area (Å²) in [5, 5.41) is 23.6. The van der Waals surface area contributed by atoms with Gasteiger partial charge < -0.3 is 20.0 Å². The molecule has 0 saturated carbocycles. The third-order valence-electron chi connectivity index (χ3n) is 5.97. The van der Waals surface area contributed by atoms with Crippen LogP contribution in [0, 0.1) is 0 Å². The molecule has 0 aliphatic carbocycles. The molecule has 0 spiro atoms. The molecule has 1 aromatic heterocycles. The lowest BCUT2D eigenvalue weighted by molar-refractivity contribution is 0.118. The fourth-order valence-electron chi connectivity index (χ4n) is 4.15. The summed E-state index contributed by atoms with van der Waals surface area (Å²) in [6, 6.07) is 14.9. The molecule has 32 heavy (non-hydrogen) atoms. The van der Waals surface area contributed by atoms with Crippen LogP contribution in [0.1, 0.15) is 26.3 Å². The smallest absolute Gasteiger partial charge is 0.350 e. The zero-order valence-corrected chi connectivity index (χ0v) is 19.1. The fraction of sp³-hybridized carbons (Fsp3) is 0.391. The number of anilines is 2. The van der Waals surface area contributed by atoms with Crippen molar-refractivity contribution >= 4 is 23.8 Å². The number of phenols is 1. The Labute approximate surface area is 193 Å². The lowest BCUT2D eigenvalue weighted by atomic mass is 10.1. The van der Waals surface area contributed by atoms with Gasteiger partial charge in [-0.05, 0) is 61.9 Å². The molecule has 2 aromatic carbocycles. The first-order valence-corrected chi connectivity index (χ1v) is 10.7. The number of hydrogen-bond acceptors (Lipinski definition) is 6. The summed E-state index contributed by atoms with van der Waals surface area (Å²) in [6.07, 6.45) is 1.50. The predicted molar refractivity (Wildman–Crippen MR) is 129 cm³/mol. The van der Waals surface area contributed by atoms with Crippen LogP contribution in [0.2, 0.25) is 0 Å². The summed E-state index contributed by atoms with van der Waals surface area (Å²) >= 11 is 0. The first-order valence-electron chi connectivity index (χ1n) is 10.7. The summed E-state index contributed by atoms with van der Waals surface area (Å²) in [6.45, 7) is 7.19. The van der Waals surface area contributed by atoms with Crippen molar-refractivity contribution < 1.29 is 10.2 Å². The van der Waals surface area contributed by atoms with Gasteiger partial charge in [0.2, 0.25) is 0 Å². The number of aliphatic hydroxyl groups excluding tert-OH is 1. The first-order chi connectivity index (χ1) is 15.0. The Kier molecular flexibility index (Phi) is 7.48. The van der Waals surface area contributed by atoms with Crippen LogP contribution >= 0.6 is 12.4 Å². The summed E-state index contributed by atoms with van der Waals surface area (Å²) in [5.41, 5.74) is 2.74. The van der Waals surface area contributed by atoms with Crippen LogP contribution in [0.4, 0.5) is 11.4 Å². The van der Waals surface area contributed by atoms with Gasteiger partial charge in [0.1, 0.15) is 12.1 Å². The van der Waals surface area contributed by atoms with E-state index in [9.17, 15) is 15.0 Å². The molecule has 172 valence electrons. The molecule has 1 aliphatic heterocycles. The summed E-state index contributed by atoms with van der Waals surface area (Å²) in [4.78, 5) is 17.4. The Morgan fingerprint density at radius 3 is 1.84 bits per heavy atom. The minimum atomic E-state index is -0.645. The molecule has 3 aromatic rings. The van der Waals surface area contributed by atoms with E-state index in [1.165, 1.54) is 15.6 Å². The zero-order chi connectivity index (χ0) is 22.0. The molecule has 0 radical (unpaired) electrons. The molecule has 2 atom stereocenters. The first kappa shape index (κ1) is 23.7. The molecule has 0 bridgehead atoms. The number of benzene rings is 2. The van der Waals surface area contributed by atoms with E-state index in [-0.39, 0.29) is 29.9 Å². The van der Waals surface area contributed by atoms with E-state index >= 15 is 0 Å². The van der Waals surface area contributed by atoms with Gasteiger partial charge in [-0.1, -0.05) is 6.92 Å². The minimum absolute atomic E-state index is 0. The van der Waals surface area contributed by atoms with Crippen molar-refractivity contribution in [3.63, 3.8) is 0 Å². The maximum Gasteiger partial charge on any atom is 0.350 e. The zero-order valence-electron chi connectivity index (χ0n) is 18.3. The van der Waals surface area contributed by atoms with Crippen molar-refractivity contribution in [3.05, 3.63) is 65.3 Å². The van der Waals surface area contributed by atoms with Crippen LogP contribution in [-0.4, -0.2) is 56.8 Å². The molecule has 1 saturated heterocycles. The van der Waals surface area contributed by atoms with Gasteiger partial charge in [0.25, 0.3) is 0 Å². The Bertz CT molecular complexity index is 1050. The highest BCUT2D eigenvalue weighted by molar-refractivity contribution is 5.85. The molecule has 0 unspecified atom stereocenters. The van der Waals surface area contributed by atoms with Gasteiger partial charge in [-0.2, -0.15) is 5.10 Å². The maximum absolute atomic E-state index is 12.8. The molecular weight excluding hydrogens is 430 g/mol. The average molecular weight is 460 g/mol. The van der Waals surface area contributed by atoms with Crippen molar-refractivity contribution in [2.24, 2.45) is 0 Å². The third-order valence-corrected chi connectivity index (χ3v) is 5.97. The number of nitrogens with zero attached hydrogens (tertiary/aromatic N) is 5. The van der Waals surface area contributed by atoms with E-state index in [2.05, 4.69) is 14.9 Å². The van der Waals surface area contributed by atoms with Crippen LogP contribution in [0.5, 0.6) is 5.75 Å². The number of phenolic OH excluding ortho intramolecular Hbond substituents is 1. The van der Waals surface area contributed by atoms with Crippen molar-refractivity contribution in [1.29, 1.82) is 0 Å². The Hall–Kier alpha value is -2.97. The van der Waals surface area contributed by atoms with Crippen molar-refractivity contribution in [3.8, 4) is 11.4 Å². The maximum atomic E-state index is 12.8. The number of aromatic nitrogens is 3. The molecule has 9 heteroatoms. The number of halogens is 1. The van der Waals surface area contributed by atoms with Crippen LogP contribution < -0.4 is 15.5 Å². The summed E-state index contributed by atoms with van der Waals surface area (Å²) < 4.78 is 2.87. The highest BCUT2D eigenvalue weighted by Crippen LogP contribution is 2.23. The van der Waals surface area contributed by atoms with Gasteiger partial charge in [-0.3, -0.25) is 0 Å². The average Bonchev–Trinajstić information content (AvgIpc) is 3.16. The molecule has 8 nitrogen and oxygen atoms in total. The van der Waals surface area contributed by atoms with Crippen LogP contribution in [0.3, 0.4) is 0 Å². The number of rotatable bonds is 6. The Balaban J connectivity index is 0.00000289. The molecule has 1 aliphatic rings. The second-order valence-electron chi connectivity index (χ2n) is 7.95. The van der Waals surface area contributed by atoms with Gasteiger partial charge in [0, 0.05) is 37.6 Å². The van der Waals surface area contributed by atoms with E-state index < -0.39 is 6.10 Å². The van der Waals surface area contributed by atoms with Gasteiger partial charge in [0.05, 0.1) is 17.8 Å². The largest absolute Gasteiger partial charge is 0.508 e. The second-order valence-corrected chi connectivity index (χ2v) is 7.95. The van der Waals surface area contributed by atoms with Crippen molar-refractivity contribution in [2.75, 3.05) is 36.0 Å². The van der Waals surface area contributed by atoms with E-state index in [1.807, 2.05) is 43.3 Å². The standard InChI is InChI=1S/C23H29N5O3.ClH/c1-3-22(17(2)29)28-23(31)27(16-24-28)20-6-4-18(5-7-20)25-12-14-26(15-13-25)19-8-10-21(30)11-9-19;/h4-11,16-17,22,29-30H,3,12-15H2,1-2H3;1H/t17-,22+;/m1./s1. The Morgan fingerprint density at radius 2 is 1.38 bits per heavy atom. The van der Waals surface area contributed by atoms with Gasteiger partial charge in [0.15, 0.2) is 0 Å². The number of piperazine rings is 1. The molecule has 4 rings (SSSR count). The second kappa shape index (κ2) is 10.1. The molecule has 2 N–H and O–H groups in total. The highest BCUT2D eigenvalue weighted by Gasteiger charge is 2.21. The lowest BCUT2D eigenvalue weighted by Crippen LogP contribution is -2.46. The lowest BCUT2D eigenvalue weighted by Gasteiger charge is -2.37. The number of aliphatic hydroxyl groups is 1.